The summed E-state index contributed by atoms with van der Waals surface area (Å²) in [6, 6.07) is 19.8. The van der Waals surface area contributed by atoms with Crippen molar-refractivity contribution >= 4 is 22.4 Å². The second-order valence-electron chi connectivity index (χ2n) is 7.92. The van der Waals surface area contributed by atoms with Gasteiger partial charge >= 0.3 is 0 Å². The van der Waals surface area contributed by atoms with Gasteiger partial charge in [0.2, 0.25) is 5.91 Å². The molecule has 0 radical (unpaired) electrons. The van der Waals surface area contributed by atoms with Crippen LogP contribution < -0.4 is 14.8 Å². The van der Waals surface area contributed by atoms with Gasteiger partial charge in [0.1, 0.15) is 17.1 Å². The Hall–Kier alpha value is -3.99. The summed E-state index contributed by atoms with van der Waals surface area (Å²) in [6.07, 6.45) is 3.35. The number of methoxy groups -OCH3 is 2. The van der Waals surface area contributed by atoms with Crippen molar-refractivity contribution in [2.24, 2.45) is 0 Å². The molecule has 33 heavy (non-hydrogen) atoms. The number of furan rings is 1. The molecule has 0 aliphatic carbocycles. The zero-order valence-corrected chi connectivity index (χ0v) is 19.3. The van der Waals surface area contributed by atoms with Crippen LogP contribution in [0.5, 0.6) is 11.5 Å². The number of hydrogen-bond donors (Lipinski definition) is 1. The minimum Gasteiger partial charge on any atom is -0.496 e. The van der Waals surface area contributed by atoms with Gasteiger partial charge < -0.3 is 19.2 Å². The number of ether oxygens (including phenoxy) is 2. The summed E-state index contributed by atoms with van der Waals surface area (Å²) in [5.74, 6) is 1.21. The number of fused-ring (bicyclic) bond motifs is 1. The number of rotatable bonds is 7. The van der Waals surface area contributed by atoms with Gasteiger partial charge in [-0.1, -0.05) is 48.0 Å². The standard InChI is InChI=1S/C28H27NO4/c1-18-9-11-20(12-10-18)24-17-33-27-15-26(32-4)22(14-23(24)27)19(2)13-28(30)29-16-21-7-5-6-8-25(21)31-3/h5-15,17H,16H2,1-4H3,(H,29,30)/b19-13+. The summed E-state index contributed by atoms with van der Waals surface area (Å²) in [5, 5.41) is 3.90. The molecule has 5 heteroatoms. The lowest BCUT2D eigenvalue weighted by atomic mass is 9.99. The third-order valence-electron chi connectivity index (χ3n) is 5.68. The molecule has 1 amide bonds. The SMILES string of the molecule is COc1ccccc1CNC(=O)/C=C(\C)c1cc2c(-c3ccc(C)cc3)coc2cc1OC. The van der Waals surface area contributed by atoms with Crippen molar-refractivity contribution < 1.29 is 18.7 Å². The lowest BCUT2D eigenvalue weighted by Gasteiger charge is -2.11. The zero-order chi connectivity index (χ0) is 23.4. The molecule has 0 saturated heterocycles. The van der Waals surface area contributed by atoms with Crippen LogP contribution in [0.15, 0.2) is 77.4 Å². The second-order valence-corrected chi connectivity index (χ2v) is 7.92. The molecule has 0 aliphatic rings. The Morgan fingerprint density at radius 1 is 1.00 bits per heavy atom. The first-order valence-electron chi connectivity index (χ1n) is 10.7. The minimum absolute atomic E-state index is 0.188. The van der Waals surface area contributed by atoms with Crippen molar-refractivity contribution in [3.05, 3.63) is 89.7 Å². The van der Waals surface area contributed by atoms with Gasteiger partial charge in [-0.25, -0.2) is 0 Å². The van der Waals surface area contributed by atoms with Gasteiger partial charge in [-0.2, -0.15) is 0 Å². The molecule has 0 unspecified atom stereocenters. The molecule has 4 aromatic rings. The van der Waals surface area contributed by atoms with E-state index in [0.29, 0.717) is 12.3 Å². The average Bonchev–Trinajstić information content (AvgIpc) is 3.25. The number of nitrogens with one attached hydrogen (secondary N) is 1. The van der Waals surface area contributed by atoms with Gasteiger partial charge in [-0.15, -0.1) is 0 Å². The van der Waals surface area contributed by atoms with Crippen LogP contribution in [0, 0.1) is 6.92 Å². The third kappa shape index (κ3) is 4.77. The number of carbonyl (C=O) groups excluding carboxylic acids is 1. The maximum absolute atomic E-state index is 12.6. The maximum Gasteiger partial charge on any atom is 0.244 e. The number of amides is 1. The fourth-order valence-electron chi connectivity index (χ4n) is 3.85. The summed E-state index contributed by atoms with van der Waals surface area (Å²) in [7, 11) is 3.23. The molecule has 3 aromatic carbocycles. The number of benzene rings is 3. The molecule has 1 N–H and O–H groups in total. The first-order chi connectivity index (χ1) is 16.0. The predicted molar refractivity (Wildman–Crippen MR) is 131 cm³/mol. The van der Waals surface area contributed by atoms with Crippen LogP contribution in [0.25, 0.3) is 27.7 Å². The number of aryl methyl sites for hydroxylation is 1. The highest BCUT2D eigenvalue weighted by atomic mass is 16.5. The van der Waals surface area contributed by atoms with Crippen molar-refractivity contribution in [2.45, 2.75) is 20.4 Å². The number of allylic oxidation sites excluding steroid dienone is 1. The highest BCUT2D eigenvalue weighted by molar-refractivity contribution is 6.00. The van der Waals surface area contributed by atoms with E-state index in [1.807, 2.05) is 43.3 Å². The Balaban J connectivity index is 1.62. The van der Waals surface area contributed by atoms with E-state index in [0.717, 1.165) is 44.5 Å². The van der Waals surface area contributed by atoms with E-state index in [4.69, 9.17) is 13.9 Å². The molecule has 5 nitrogen and oxygen atoms in total. The summed E-state index contributed by atoms with van der Waals surface area (Å²) in [6.45, 7) is 4.34. The summed E-state index contributed by atoms with van der Waals surface area (Å²) < 4.78 is 16.8. The first kappa shape index (κ1) is 22.2. The van der Waals surface area contributed by atoms with Crippen molar-refractivity contribution in [2.75, 3.05) is 14.2 Å². The van der Waals surface area contributed by atoms with Crippen LogP contribution in [0.2, 0.25) is 0 Å². The van der Waals surface area contributed by atoms with Crippen molar-refractivity contribution in [1.29, 1.82) is 0 Å². The lowest BCUT2D eigenvalue weighted by Crippen LogP contribution is -2.21. The Labute approximate surface area is 193 Å². The smallest absolute Gasteiger partial charge is 0.244 e. The summed E-state index contributed by atoms with van der Waals surface area (Å²) in [5.41, 5.74) is 6.56. The van der Waals surface area contributed by atoms with Gasteiger partial charge in [0, 0.05) is 40.8 Å². The fraction of sp³-hybridized carbons (Fsp3) is 0.179. The van der Waals surface area contributed by atoms with E-state index in [2.05, 4.69) is 36.5 Å². The van der Waals surface area contributed by atoms with Crippen LogP contribution in [-0.4, -0.2) is 20.1 Å². The molecule has 0 fully saturated rings. The van der Waals surface area contributed by atoms with Gasteiger partial charge in [0.25, 0.3) is 0 Å². The second kappa shape index (κ2) is 9.65. The molecule has 0 saturated carbocycles. The Morgan fingerprint density at radius 3 is 2.45 bits per heavy atom. The summed E-state index contributed by atoms with van der Waals surface area (Å²) >= 11 is 0. The molecule has 0 aliphatic heterocycles. The molecule has 4 rings (SSSR count). The maximum atomic E-state index is 12.6. The van der Waals surface area contributed by atoms with Crippen LogP contribution in [0.4, 0.5) is 0 Å². The summed E-state index contributed by atoms with van der Waals surface area (Å²) in [4.78, 5) is 12.6. The van der Waals surface area contributed by atoms with Crippen molar-refractivity contribution in [1.82, 2.24) is 5.32 Å². The van der Waals surface area contributed by atoms with Crippen molar-refractivity contribution in [3.63, 3.8) is 0 Å². The molecule has 0 atom stereocenters. The van der Waals surface area contributed by atoms with Crippen LogP contribution in [0.3, 0.4) is 0 Å². The zero-order valence-electron chi connectivity index (χ0n) is 19.3. The van der Waals surface area contributed by atoms with Gasteiger partial charge in [-0.3, -0.25) is 4.79 Å². The number of carbonyl (C=O) groups is 1. The fourth-order valence-corrected chi connectivity index (χ4v) is 3.85. The van der Waals surface area contributed by atoms with E-state index in [1.54, 1.807) is 26.6 Å². The van der Waals surface area contributed by atoms with E-state index in [-0.39, 0.29) is 5.91 Å². The monoisotopic (exact) mass is 441 g/mol. The Bertz CT molecular complexity index is 1320. The molecule has 1 aromatic heterocycles. The highest BCUT2D eigenvalue weighted by Gasteiger charge is 2.15. The molecular formula is C28H27NO4. The average molecular weight is 442 g/mol. The molecule has 0 bridgehead atoms. The van der Waals surface area contributed by atoms with Crippen LogP contribution in [0.1, 0.15) is 23.6 Å². The van der Waals surface area contributed by atoms with E-state index < -0.39 is 0 Å². The Kier molecular flexibility index (Phi) is 6.50. The number of hydrogen-bond acceptors (Lipinski definition) is 4. The minimum atomic E-state index is -0.188. The van der Waals surface area contributed by atoms with E-state index in [9.17, 15) is 4.79 Å². The molecular weight excluding hydrogens is 414 g/mol. The molecule has 1 heterocycles. The van der Waals surface area contributed by atoms with E-state index >= 15 is 0 Å². The van der Waals surface area contributed by atoms with E-state index in [1.165, 1.54) is 5.56 Å². The predicted octanol–water partition coefficient (Wildman–Crippen LogP) is 6.15. The highest BCUT2D eigenvalue weighted by Crippen LogP contribution is 2.37. The normalized spacial score (nSPS) is 11.5. The van der Waals surface area contributed by atoms with Crippen molar-refractivity contribution in [3.8, 4) is 22.6 Å². The number of para-hydroxylation sites is 1. The lowest BCUT2D eigenvalue weighted by molar-refractivity contribution is -0.116. The third-order valence-corrected chi connectivity index (χ3v) is 5.68. The molecule has 0 spiro atoms. The first-order valence-corrected chi connectivity index (χ1v) is 10.7. The quantitative estimate of drug-likeness (QED) is 0.350. The van der Waals surface area contributed by atoms with Gasteiger partial charge in [-0.05, 0) is 37.1 Å². The van der Waals surface area contributed by atoms with Crippen LogP contribution >= 0.6 is 0 Å². The van der Waals surface area contributed by atoms with Gasteiger partial charge in [0.05, 0.1) is 20.5 Å². The molecule has 168 valence electrons. The Morgan fingerprint density at radius 2 is 1.73 bits per heavy atom. The van der Waals surface area contributed by atoms with Crippen LogP contribution in [-0.2, 0) is 11.3 Å². The topological polar surface area (TPSA) is 60.7 Å². The largest absolute Gasteiger partial charge is 0.496 e. The van der Waals surface area contributed by atoms with Gasteiger partial charge in [0.15, 0.2) is 0 Å².